The molecule has 3 heteroatoms. The van der Waals surface area contributed by atoms with Crippen molar-refractivity contribution < 1.29 is 19.2 Å². The van der Waals surface area contributed by atoms with Crippen LogP contribution in [0, 0.1) is 0 Å². The lowest BCUT2D eigenvalue weighted by Gasteiger charge is -1.89. The quantitative estimate of drug-likeness (QED) is 0.511. The fourth-order valence-corrected chi connectivity index (χ4v) is 0.0437. The van der Waals surface area contributed by atoms with E-state index in [4.69, 9.17) is 9.68 Å². The van der Waals surface area contributed by atoms with Gasteiger partial charge in [0, 0.05) is 4.11 Å². The highest BCUT2D eigenvalue weighted by Crippen LogP contribution is 1.66. The molecule has 36 valence electrons. The van der Waals surface area contributed by atoms with E-state index in [9.17, 15) is 4.79 Å². The minimum absolute atomic E-state index is 0.552. The SMILES string of the molecule is [3H]N([3H])C(=O)OC([3H])([3H])C([3H])([3H])[3H]. The highest BCUT2D eigenvalue weighted by atomic mass is 16.5. The van der Waals surface area contributed by atoms with Gasteiger partial charge in [-0.15, -0.1) is 0 Å². The zero-order valence-corrected chi connectivity index (χ0v) is 2.76. The third kappa shape index (κ3) is 3.27. The maximum Gasteiger partial charge on any atom is 0.404 e. The summed E-state index contributed by atoms with van der Waals surface area (Å²) in [5.74, 6) is 0. The molecule has 0 radical (unpaired) electrons. The Balaban J connectivity index is 4.44. The van der Waals surface area contributed by atoms with Gasteiger partial charge in [0.15, 0.2) is 2.82 Å². The van der Waals surface area contributed by atoms with Crippen molar-refractivity contribution in [2.75, 3.05) is 6.56 Å². The summed E-state index contributed by atoms with van der Waals surface area (Å²) >= 11 is 0. The molecule has 6 heavy (non-hydrogen) atoms. The van der Waals surface area contributed by atoms with Crippen molar-refractivity contribution in [1.82, 2.24) is 0 Å². The van der Waals surface area contributed by atoms with E-state index in [1.54, 1.807) is 0 Å². The first-order chi connectivity index (χ1) is 5.58. The van der Waals surface area contributed by atoms with E-state index in [0.29, 0.717) is 0 Å². The number of carbonyl (C=O) groups excluding carboxylic acids is 1. The van der Waals surface area contributed by atoms with Crippen molar-refractivity contribution in [2.24, 2.45) is 5.72 Å². The van der Waals surface area contributed by atoms with Crippen LogP contribution >= 0.6 is 0 Å². The molecule has 0 bridgehead atoms. The van der Waals surface area contributed by atoms with Gasteiger partial charge in [-0.1, -0.05) is 0 Å². The molecule has 3 nitrogen and oxygen atoms in total. The Bertz CT molecular complexity index is 198. The summed E-state index contributed by atoms with van der Waals surface area (Å²) < 4.78 is 49.8. The standard InChI is InChI=1S/C3H7NO2/c1-2-6-3(4)5/h2H2,1H3,(H2,4,5)/i1T3,2T2/hT2. The van der Waals surface area contributed by atoms with Gasteiger partial charge >= 0.3 is 6.09 Å². The lowest BCUT2D eigenvalue weighted by atomic mass is 10.9. The maximum absolute atomic E-state index is 10.4. The number of primary amides is 1. The van der Waals surface area contributed by atoms with Crippen LogP contribution < -0.4 is 5.72 Å². The molecule has 0 saturated heterocycles. The van der Waals surface area contributed by atoms with Crippen LogP contribution in [0.15, 0.2) is 0 Å². The number of amides is 1. The Morgan fingerprint density at radius 2 is 3.50 bits per heavy atom. The third-order valence-corrected chi connectivity index (χ3v) is 0.138. The van der Waals surface area contributed by atoms with E-state index in [1.165, 1.54) is 0 Å². The molecule has 0 aromatic carbocycles. The molecule has 0 fully saturated rings. The van der Waals surface area contributed by atoms with Crippen molar-refractivity contribution >= 4 is 6.09 Å². The van der Waals surface area contributed by atoms with E-state index in [0.717, 1.165) is 0 Å². The largest absolute Gasteiger partial charge is 0.450 e. The fourth-order valence-electron chi connectivity index (χ4n) is 0.0437. The molecular weight excluding hydrogens is 82.0 g/mol. The predicted octanol–water partition coefficient (Wildman–Crippen LogP) is 0.102. The Morgan fingerprint density at radius 1 is 2.67 bits per heavy atom. The fraction of sp³-hybridized carbons (Fsp3) is 0.667. The third-order valence-electron chi connectivity index (χ3n) is 0.138. The molecule has 0 aromatic heterocycles. The van der Waals surface area contributed by atoms with Crippen LogP contribution in [-0.4, -0.2) is 12.7 Å². The molecule has 1 amide bonds. The van der Waals surface area contributed by atoms with Crippen molar-refractivity contribution in [3.8, 4) is 0 Å². The van der Waals surface area contributed by atoms with Gasteiger partial charge in [-0.2, -0.15) is 0 Å². The Labute approximate surface area is 46.0 Å². The van der Waals surface area contributed by atoms with Gasteiger partial charge in [-0.25, -0.2) is 4.79 Å². The van der Waals surface area contributed by atoms with Crippen LogP contribution in [0.1, 0.15) is 13.7 Å². The van der Waals surface area contributed by atoms with Gasteiger partial charge in [0.05, 0.1) is 9.30 Å². The van der Waals surface area contributed by atoms with E-state index >= 15 is 0 Å². The first-order valence-electron chi connectivity index (χ1n) is 4.48. The molecule has 0 heterocycles. The second-order valence-electron chi connectivity index (χ2n) is 0.470. The Kier molecular flexibility index (Phi) is 0.316. The summed E-state index contributed by atoms with van der Waals surface area (Å²) in [6.07, 6.45) is -1.69. The molecule has 0 atom stereocenters. The molecule has 0 aliphatic heterocycles. The molecule has 0 saturated carbocycles. The zero-order chi connectivity index (χ0) is 10.9. The van der Waals surface area contributed by atoms with E-state index < -0.39 is 25.2 Å². The second-order valence-corrected chi connectivity index (χ2v) is 0.470. The number of carbonyl (C=O) groups is 1. The summed E-state index contributed by atoms with van der Waals surface area (Å²) in [6, 6.07) is 0. The van der Waals surface area contributed by atoms with E-state index in [-0.39, 0.29) is 0 Å². The number of nitrogens with two attached hydrogens (primary N) is 1. The molecule has 2 N–H and O–H groups in total. The minimum Gasteiger partial charge on any atom is -0.450 e. The smallest absolute Gasteiger partial charge is 0.404 e. The van der Waals surface area contributed by atoms with Crippen LogP contribution in [0.2, 0.25) is 2.82 Å². The van der Waals surface area contributed by atoms with Crippen LogP contribution in [0.5, 0.6) is 0 Å². The van der Waals surface area contributed by atoms with Gasteiger partial charge in [0.25, 0.3) is 0 Å². The average Bonchev–Trinajstić information content (AvgIpc) is 1.83. The highest BCUT2D eigenvalue weighted by molar-refractivity contribution is 5.64. The molecule has 0 unspecified atom stereocenters. The van der Waals surface area contributed by atoms with Crippen molar-refractivity contribution in [3.63, 3.8) is 0 Å². The normalized spacial score (nSPS) is 28.3. The van der Waals surface area contributed by atoms with Crippen LogP contribution in [-0.2, 0) is 4.74 Å². The molecule has 0 spiro atoms. The Hall–Kier alpha value is -0.730. The number of rotatable bonds is 1. The monoisotopic (exact) mass is 103 g/mol. The van der Waals surface area contributed by atoms with Crippen molar-refractivity contribution in [3.05, 3.63) is 0 Å². The van der Waals surface area contributed by atoms with Gasteiger partial charge in [-0.05, 0) is 6.85 Å². The number of hydrogen-bond donors (Lipinski definition) is 1. The van der Waals surface area contributed by atoms with E-state index in [2.05, 4.69) is 4.74 Å². The van der Waals surface area contributed by atoms with Gasteiger partial charge in [0.2, 0.25) is 0 Å². The summed E-state index contributed by atoms with van der Waals surface area (Å²) in [7, 11) is 0. The van der Waals surface area contributed by atoms with Gasteiger partial charge < -0.3 is 10.5 Å². The van der Waals surface area contributed by atoms with Gasteiger partial charge in [-0.3, -0.25) is 0 Å². The molecule has 0 rings (SSSR count). The zero-order valence-electron chi connectivity index (χ0n) is 9.76. The molecule has 0 aliphatic carbocycles. The molecule has 0 aromatic rings. The predicted molar refractivity (Wildman–Crippen MR) is 21.2 cm³/mol. The number of hydrogen-bond acceptors (Lipinski definition) is 2. The maximum atomic E-state index is 10.4. The number of ether oxygens (including phenoxy) is 1. The van der Waals surface area contributed by atoms with E-state index in [1.807, 2.05) is 0 Å². The Morgan fingerprint density at radius 3 is 4.00 bits per heavy atom. The van der Waals surface area contributed by atoms with Crippen LogP contribution in [0.25, 0.3) is 0 Å². The summed E-state index contributed by atoms with van der Waals surface area (Å²) in [4.78, 5) is 10.4. The second kappa shape index (κ2) is 2.50. The van der Waals surface area contributed by atoms with Crippen LogP contribution in [0.4, 0.5) is 4.79 Å². The van der Waals surface area contributed by atoms with Crippen LogP contribution in [0.3, 0.4) is 0 Å². The van der Waals surface area contributed by atoms with Crippen molar-refractivity contribution in [1.29, 1.82) is 0 Å². The summed E-state index contributed by atoms with van der Waals surface area (Å²) in [5, 5.41) is 0. The first-order valence-corrected chi connectivity index (χ1v) is 1.09. The molecule has 0 aliphatic rings. The first kappa shape index (κ1) is 0.757. The topological polar surface area (TPSA) is 52.3 Å². The van der Waals surface area contributed by atoms with Gasteiger partial charge in [0.1, 0.15) is 0 Å². The summed E-state index contributed by atoms with van der Waals surface area (Å²) in [5.41, 5.74) is -0.552. The lowest BCUT2D eigenvalue weighted by Crippen LogP contribution is -2.11. The summed E-state index contributed by atoms with van der Waals surface area (Å²) in [6.45, 7) is -6.33. The minimum atomic E-state index is -3.19. The highest BCUT2D eigenvalue weighted by Gasteiger charge is 1.82. The molecular formula is C3H7NO2. The van der Waals surface area contributed by atoms with Crippen molar-refractivity contribution in [2.45, 2.75) is 6.85 Å². The average molecular weight is 103 g/mol. The lowest BCUT2D eigenvalue weighted by molar-refractivity contribution is 0.163.